The second-order valence-corrected chi connectivity index (χ2v) is 4.53. The zero-order valence-corrected chi connectivity index (χ0v) is 10.3. The fraction of sp³-hybridized carbons (Fsp3) is 0.625. The molecular weight excluding hydrogens is 279 g/mol. The number of hydrogen-bond acceptors (Lipinski definition) is 4. The average molecular weight is 291 g/mol. The molecular formula is C8H12Cl2O7. The Hall–Kier alpha value is -1.05. The number of aliphatic carboxylic acids is 3. The Morgan fingerprint density at radius 2 is 1.29 bits per heavy atom. The first-order valence-electron chi connectivity index (χ1n) is 4.18. The lowest BCUT2D eigenvalue weighted by Crippen LogP contribution is -2.42. The van der Waals surface area contributed by atoms with Crippen molar-refractivity contribution in [3.05, 3.63) is 0 Å². The zero-order valence-electron chi connectivity index (χ0n) is 8.76. The van der Waals surface area contributed by atoms with Crippen molar-refractivity contribution in [3.8, 4) is 0 Å². The van der Waals surface area contributed by atoms with Crippen LogP contribution in [0.2, 0.25) is 0 Å². The van der Waals surface area contributed by atoms with Crippen molar-refractivity contribution in [3.63, 3.8) is 0 Å². The van der Waals surface area contributed by atoms with E-state index in [0.29, 0.717) is 0 Å². The van der Waals surface area contributed by atoms with Gasteiger partial charge >= 0.3 is 17.9 Å². The van der Waals surface area contributed by atoms with E-state index >= 15 is 0 Å². The van der Waals surface area contributed by atoms with Gasteiger partial charge in [-0.05, 0) is 6.92 Å². The van der Waals surface area contributed by atoms with Gasteiger partial charge in [0.15, 0.2) is 5.60 Å². The Morgan fingerprint density at radius 3 is 1.41 bits per heavy atom. The average Bonchev–Trinajstić information content (AvgIpc) is 1.98. The molecule has 0 radical (unpaired) electrons. The lowest BCUT2D eigenvalue weighted by Gasteiger charge is -2.18. The first kappa shape index (κ1) is 18.3. The summed E-state index contributed by atoms with van der Waals surface area (Å²) in [5.74, 6) is -5.02. The van der Waals surface area contributed by atoms with Gasteiger partial charge in [-0.3, -0.25) is 9.59 Å². The van der Waals surface area contributed by atoms with Crippen LogP contribution in [-0.2, 0) is 14.4 Å². The second-order valence-electron chi connectivity index (χ2n) is 3.00. The summed E-state index contributed by atoms with van der Waals surface area (Å²) in [5, 5.41) is 33.8. The van der Waals surface area contributed by atoms with Gasteiger partial charge in [0.2, 0.25) is 0 Å². The minimum atomic E-state index is -2.74. The predicted octanol–water partition coefficient (Wildman–Crippen LogP) is 0.561. The number of alkyl halides is 2. The number of aliphatic hydroxyl groups is 1. The monoisotopic (exact) mass is 290 g/mol. The van der Waals surface area contributed by atoms with Crippen LogP contribution in [0.15, 0.2) is 0 Å². The topological polar surface area (TPSA) is 132 Å². The van der Waals surface area contributed by atoms with E-state index in [2.05, 4.69) is 0 Å². The Morgan fingerprint density at radius 1 is 1.06 bits per heavy atom. The molecule has 17 heavy (non-hydrogen) atoms. The van der Waals surface area contributed by atoms with Gasteiger partial charge in [-0.15, -0.1) is 23.2 Å². The number of hydrogen-bond donors (Lipinski definition) is 4. The molecule has 0 aliphatic heterocycles. The third-order valence-corrected chi connectivity index (χ3v) is 1.29. The fourth-order valence-electron chi connectivity index (χ4n) is 0.714. The van der Waals surface area contributed by atoms with E-state index in [4.69, 9.17) is 43.6 Å². The number of carbonyl (C=O) groups is 3. The molecule has 9 heteroatoms. The molecule has 0 rings (SSSR count). The van der Waals surface area contributed by atoms with Gasteiger partial charge < -0.3 is 20.4 Å². The van der Waals surface area contributed by atoms with E-state index < -0.39 is 36.4 Å². The molecule has 0 spiro atoms. The van der Waals surface area contributed by atoms with Gasteiger partial charge in [0.05, 0.1) is 12.8 Å². The van der Waals surface area contributed by atoms with Crippen molar-refractivity contribution in [2.45, 2.75) is 30.2 Å². The van der Waals surface area contributed by atoms with E-state index in [-0.39, 0.29) is 4.84 Å². The maximum atomic E-state index is 10.3. The Labute approximate surface area is 107 Å². The highest BCUT2D eigenvalue weighted by molar-refractivity contribution is 6.43. The first-order valence-corrected chi connectivity index (χ1v) is 5.06. The van der Waals surface area contributed by atoms with Gasteiger partial charge in [-0.1, -0.05) is 0 Å². The lowest BCUT2D eigenvalue weighted by atomic mass is 9.96. The largest absolute Gasteiger partial charge is 0.481 e. The smallest absolute Gasteiger partial charge is 0.336 e. The van der Waals surface area contributed by atoms with Gasteiger partial charge in [0.25, 0.3) is 0 Å². The summed E-state index contributed by atoms with van der Waals surface area (Å²) in [6.07, 6.45) is -2.29. The Bertz CT molecular complexity index is 271. The SMILES string of the molecule is CC(Cl)Cl.O=C(O)CC(O)(CC(=O)O)C(=O)O. The maximum absolute atomic E-state index is 10.3. The molecule has 0 unspecified atom stereocenters. The van der Waals surface area contributed by atoms with Crippen LogP contribution in [-0.4, -0.2) is 48.8 Å². The van der Waals surface area contributed by atoms with Crippen LogP contribution in [0.1, 0.15) is 19.8 Å². The number of carboxylic acids is 3. The van der Waals surface area contributed by atoms with Crippen molar-refractivity contribution in [1.29, 1.82) is 0 Å². The molecule has 0 aromatic heterocycles. The van der Waals surface area contributed by atoms with E-state index in [9.17, 15) is 14.4 Å². The van der Waals surface area contributed by atoms with Crippen LogP contribution in [0.3, 0.4) is 0 Å². The molecule has 0 atom stereocenters. The molecule has 0 heterocycles. The van der Waals surface area contributed by atoms with E-state index in [1.807, 2.05) is 0 Å². The third kappa shape index (κ3) is 11.2. The minimum absolute atomic E-state index is 0.222. The third-order valence-electron chi connectivity index (χ3n) is 1.29. The van der Waals surface area contributed by atoms with Crippen LogP contribution in [0.5, 0.6) is 0 Å². The fourth-order valence-corrected chi connectivity index (χ4v) is 0.714. The van der Waals surface area contributed by atoms with Gasteiger partial charge in [-0.2, -0.15) is 0 Å². The van der Waals surface area contributed by atoms with Crippen molar-refractivity contribution in [1.82, 2.24) is 0 Å². The number of rotatable bonds is 5. The molecule has 0 fully saturated rings. The van der Waals surface area contributed by atoms with E-state index in [1.54, 1.807) is 6.92 Å². The quantitative estimate of drug-likeness (QED) is 0.544. The molecule has 0 aromatic rings. The predicted molar refractivity (Wildman–Crippen MR) is 58.3 cm³/mol. The molecule has 0 aliphatic carbocycles. The number of halogens is 2. The van der Waals surface area contributed by atoms with Crippen molar-refractivity contribution in [2.75, 3.05) is 0 Å². The van der Waals surface area contributed by atoms with Gasteiger partial charge in [0, 0.05) is 0 Å². The summed E-state index contributed by atoms with van der Waals surface area (Å²) in [6, 6.07) is 0. The lowest BCUT2D eigenvalue weighted by molar-refractivity contribution is -0.170. The number of carboxylic acid groups (broad SMARTS) is 3. The highest BCUT2D eigenvalue weighted by atomic mass is 35.5. The molecule has 100 valence electrons. The molecule has 0 aromatic carbocycles. The molecule has 0 saturated heterocycles. The summed E-state index contributed by atoms with van der Waals surface area (Å²) in [4.78, 5) is 30.3. The summed E-state index contributed by atoms with van der Waals surface area (Å²) in [6.45, 7) is 1.70. The maximum Gasteiger partial charge on any atom is 0.336 e. The molecule has 4 N–H and O–H groups in total. The van der Waals surface area contributed by atoms with Crippen LogP contribution in [0.25, 0.3) is 0 Å². The normalized spacial score (nSPS) is 10.4. The zero-order chi connectivity index (χ0) is 14.2. The summed E-state index contributed by atoms with van der Waals surface area (Å²) < 4.78 is 0. The van der Waals surface area contributed by atoms with Crippen LogP contribution in [0, 0.1) is 0 Å². The van der Waals surface area contributed by atoms with Crippen LogP contribution < -0.4 is 0 Å². The highest BCUT2D eigenvalue weighted by Crippen LogP contribution is 2.15. The Kier molecular flexibility index (Phi) is 8.73. The molecule has 0 aliphatic rings. The van der Waals surface area contributed by atoms with Gasteiger partial charge in [-0.25, -0.2) is 4.79 Å². The molecule has 0 bridgehead atoms. The molecule has 7 nitrogen and oxygen atoms in total. The second kappa shape index (κ2) is 8.10. The van der Waals surface area contributed by atoms with Crippen molar-refractivity contribution in [2.24, 2.45) is 0 Å². The summed E-state index contributed by atoms with van der Waals surface area (Å²) in [7, 11) is 0. The Balaban J connectivity index is 0. The van der Waals surface area contributed by atoms with Crippen molar-refractivity contribution >= 4 is 41.1 Å². The molecule has 0 saturated carbocycles. The highest BCUT2D eigenvalue weighted by Gasteiger charge is 2.40. The standard InChI is InChI=1S/C6H8O7.C2H4Cl2/c7-3(8)1-6(13,5(11)12)2-4(9)10;1-2(3)4/h13H,1-2H2,(H,7,8)(H,9,10)(H,11,12);2H,1H3. The summed E-state index contributed by atoms with van der Waals surface area (Å²) >= 11 is 10.1. The van der Waals surface area contributed by atoms with Crippen molar-refractivity contribution < 1.29 is 34.8 Å². The molecule has 0 amide bonds. The van der Waals surface area contributed by atoms with Gasteiger partial charge in [0.1, 0.15) is 4.84 Å². The van der Waals surface area contributed by atoms with E-state index in [0.717, 1.165) is 0 Å². The minimum Gasteiger partial charge on any atom is -0.481 e. The first-order chi connectivity index (χ1) is 7.51. The summed E-state index contributed by atoms with van der Waals surface area (Å²) in [5.41, 5.74) is -2.74. The van der Waals surface area contributed by atoms with Crippen LogP contribution >= 0.6 is 23.2 Å². The van der Waals surface area contributed by atoms with Crippen LogP contribution in [0.4, 0.5) is 0 Å². The van der Waals surface area contributed by atoms with E-state index in [1.165, 1.54) is 0 Å².